The fourth-order valence-electron chi connectivity index (χ4n) is 3.60. The van der Waals surface area contributed by atoms with Crippen molar-refractivity contribution in [3.05, 3.63) is 94.8 Å². The van der Waals surface area contributed by atoms with Crippen LogP contribution >= 0.6 is 0 Å². The number of hydrogen-bond acceptors (Lipinski definition) is 2. The number of fused-ring (bicyclic) bond motifs is 1. The molecule has 4 rings (SSSR count). The zero-order valence-corrected chi connectivity index (χ0v) is 16.2. The van der Waals surface area contributed by atoms with Crippen molar-refractivity contribution >= 4 is 23.1 Å². The standard InChI is InChI=1S/C23H17F4N3O/c24-17-7-4-14-10-11-29-21(20(14)13-17)15-5-8-18(9-6-15)30(22(28)31)19-3-1-2-16(12-19)23(25,26)27/h1-9,12-13H,10-11H2,(H2,28,31). The van der Waals surface area contributed by atoms with Gasteiger partial charge >= 0.3 is 12.2 Å². The van der Waals surface area contributed by atoms with Crippen LogP contribution in [0.5, 0.6) is 0 Å². The molecule has 2 N–H and O–H groups in total. The van der Waals surface area contributed by atoms with Gasteiger partial charge in [-0.2, -0.15) is 13.2 Å². The van der Waals surface area contributed by atoms with Gasteiger partial charge in [0.25, 0.3) is 0 Å². The Kier molecular flexibility index (Phi) is 5.22. The van der Waals surface area contributed by atoms with Crippen LogP contribution in [0.2, 0.25) is 0 Å². The normalized spacial score (nSPS) is 13.4. The van der Waals surface area contributed by atoms with Crippen LogP contribution < -0.4 is 10.6 Å². The Labute approximate surface area is 175 Å². The monoisotopic (exact) mass is 427 g/mol. The van der Waals surface area contributed by atoms with Gasteiger partial charge in [-0.1, -0.05) is 24.3 Å². The van der Waals surface area contributed by atoms with Crippen LogP contribution in [0, 0.1) is 5.82 Å². The first-order chi connectivity index (χ1) is 14.7. The summed E-state index contributed by atoms with van der Waals surface area (Å²) in [7, 11) is 0. The minimum Gasteiger partial charge on any atom is -0.351 e. The first-order valence-electron chi connectivity index (χ1n) is 9.44. The van der Waals surface area contributed by atoms with Gasteiger partial charge in [-0.05, 0) is 54.4 Å². The molecule has 0 fully saturated rings. The molecule has 8 heteroatoms. The van der Waals surface area contributed by atoms with E-state index in [1.807, 2.05) is 0 Å². The number of urea groups is 1. The van der Waals surface area contributed by atoms with Crippen molar-refractivity contribution in [3.63, 3.8) is 0 Å². The summed E-state index contributed by atoms with van der Waals surface area (Å²) in [5.74, 6) is -0.366. The molecule has 3 aromatic carbocycles. The lowest BCUT2D eigenvalue weighted by atomic mass is 9.93. The molecule has 0 saturated heterocycles. The molecule has 2 amide bonds. The van der Waals surface area contributed by atoms with Crippen LogP contribution in [-0.4, -0.2) is 18.3 Å². The van der Waals surface area contributed by atoms with E-state index in [0.717, 1.165) is 22.6 Å². The van der Waals surface area contributed by atoms with Crippen LogP contribution in [0.15, 0.2) is 71.7 Å². The van der Waals surface area contributed by atoms with Crippen molar-refractivity contribution < 1.29 is 22.4 Å². The maximum Gasteiger partial charge on any atom is 0.416 e. The number of rotatable bonds is 3. The zero-order chi connectivity index (χ0) is 22.2. The second-order valence-electron chi connectivity index (χ2n) is 7.05. The van der Waals surface area contributed by atoms with Gasteiger partial charge < -0.3 is 5.73 Å². The molecule has 0 aliphatic carbocycles. The summed E-state index contributed by atoms with van der Waals surface area (Å²) in [6, 6.07) is 14.5. The van der Waals surface area contributed by atoms with E-state index in [0.29, 0.717) is 35.5 Å². The largest absolute Gasteiger partial charge is 0.416 e. The van der Waals surface area contributed by atoms with Crippen LogP contribution in [0.1, 0.15) is 22.3 Å². The first-order valence-corrected chi connectivity index (χ1v) is 9.44. The summed E-state index contributed by atoms with van der Waals surface area (Å²) in [5, 5.41) is 0. The van der Waals surface area contributed by atoms with Crippen molar-refractivity contribution in [2.45, 2.75) is 12.6 Å². The smallest absolute Gasteiger partial charge is 0.351 e. The molecular weight excluding hydrogens is 410 g/mol. The Morgan fingerprint density at radius 3 is 2.39 bits per heavy atom. The van der Waals surface area contributed by atoms with Crippen LogP contribution in [-0.2, 0) is 12.6 Å². The van der Waals surface area contributed by atoms with E-state index < -0.39 is 17.8 Å². The number of hydrogen-bond donors (Lipinski definition) is 1. The SMILES string of the molecule is NC(=O)N(c1ccc(C2=NCCc3ccc(F)cc32)cc1)c1cccc(C(F)(F)F)c1. The highest BCUT2D eigenvalue weighted by Gasteiger charge is 2.31. The number of carbonyl (C=O) groups excluding carboxylic acids is 1. The van der Waals surface area contributed by atoms with Crippen molar-refractivity contribution in [2.24, 2.45) is 10.7 Å². The molecular formula is C23H17F4N3O. The average molecular weight is 427 g/mol. The molecule has 1 aliphatic heterocycles. The number of amides is 2. The number of aliphatic imine (C=N–C) groups is 1. The lowest BCUT2D eigenvalue weighted by Gasteiger charge is -2.22. The lowest BCUT2D eigenvalue weighted by molar-refractivity contribution is -0.137. The third-order valence-corrected chi connectivity index (χ3v) is 5.03. The minimum atomic E-state index is -4.55. The van der Waals surface area contributed by atoms with Crippen molar-refractivity contribution in [2.75, 3.05) is 11.4 Å². The predicted molar refractivity (Wildman–Crippen MR) is 110 cm³/mol. The molecule has 0 atom stereocenters. The fourth-order valence-corrected chi connectivity index (χ4v) is 3.60. The number of alkyl halides is 3. The summed E-state index contributed by atoms with van der Waals surface area (Å²) in [4.78, 5) is 17.6. The summed E-state index contributed by atoms with van der Waals surface area (Å²) < 4.78 is 53.0. The van der Waals surface area contributed by atoms with Crippen LogP contribution in [0.4, 0.5) is 33.7 Å². The second kappa shape index (κ2) is 7.86. The number of anilines is 2. The molecule has 0 spiro atoms. The van der Waals surface area contributed by atoms with Gasteiger partial charge in [0.1, 0.15) is 5.82 Å². The predicted octanol–water partition coefficient (Wildman–Crippen LogP) is 5.45. The zero-order valence-electron chi connectivity index (χ0n) is 16.2. The van der Waals surface area contributed by atoms with Gasteiger partial charge in [0.15, 0.2) is 0 Å². The van der Waals surface area contributed by atoms with Crippen molar-refractivity contribution in [3.8, 4) is 0 Å². The molecule has 1 heterocycles. The second-order valence-corrected chi connectivity index (χ2v) is 7.05. The molecule has 1 aliphatic rings. The Hall–Kier alpha value is -3.68. The average Bonchev–Trinajstić information content (AvgIpc) is 2.73. The highest BCUT2D eigenvalue weighted by molar-refractivity contribution is 6.14. The number of halogens is 4. The number of carbonyl (C=O) groups is 1. The molecule has 4 nitrogen and oxygen atoms in total. The molecule has 0 bridgehead atoms. The van der Waals surface area contributed by atoms with Gasteiger partial charge in [-0.3, -0.25) is 9.89 Å². The van der Waals surface area contributed by atoms with E-state index in [2.05, 4.69) is 4.99 Å². The van der Waals surface area contributed by atoms with E-state index in [-0.39, 0.29) is 11.5 Å². The Balaban J connectivity index is 1.70. The Morgan fingerprint density at radius 1 is 0.968 bits per heavy atom. The van der Waals surface area contributed by atoms with Gasteiger partial charge in [0, 0.05) is 17.7 Å². The van der Waals surface area contributed by atoms with Gasteiger partial charge in [0.2, 0.25) is 0 Å². The fraction of sp³-hybridized carbons (Fsp3) is 0.130. The van der Waals surface area contributed by atoms with E-state index >= 15 is 0 Å². The molecule has 0 saturated carbocycles. The van der Waals surface area contributed by atoms with E-state index in [9.17, 15) is 22.4 Å². The van der Waals surface area contributed by atoms with Gasteiger partial charge in [-0.15, -0.1) is 0 Å². The molecule has 158 valence electrons. The summed E-state index contributed by atoms with van der Waals surface area (Å²) in [6.45, 7) is 0.563. The highest BCUT2D eigenvalue weighted by Crippen LogP contribution is 2.34. The van der Waals surface area contributed by atoms with E-state index in [1.54, 1.807) is 30.3 Å². The lowest BCUT2D eigenvalue weighted by Crippen LogP contribution is -2.31. The van der Waals surface area contributed by atoms with Crippen LogP contribution in [0.25, 0.3) is 0 Å². The van der Waals surface area contributed by atoms with Crippen molar-refractivity contribution in [1.29, 1.82) is 0 Å². The number of nitrogens with zero attached hydrogens (tertiary/aromatic N) is 2. The maximum atomic E-state index is 13.8. The Bertz CT molecular complexity index is 1170. The molecule has 0 radical (unpaired) electrons. The Morgan fingerprint density at radius 2 is 1.71 bits per heavy atom. The van der Waals surface area contributed by atoms with Crippen molar-refractivity contribution in [1.82, 2.24) is 0 Å². The molecule has 3 aromatic rings. The first kappa shape index (κ1) is 20.6. The third kappa shape index (κ3) is 4.14. The van der Waals surface area contributed by atoms with Gasteiger partial charge in [-0.25, -0.2) is 9.18 Å². The van der Waals surface area contributed by atoms with Crippen LogP contribution in [0.3, 0.4) is 0 Å². The number of nitrogens with two attached hydrogens (primary N) is 1. The topological polar surface area (TPSA) is 58.7 Å². The summed E-state index contributed by atoms with van der Waals surface area (Å²) >= 11 is 0. The molecule has 0 aromatic heterocycles. The molecule has 0 unspecified atom stereocenters. The van der Waals surface area contributed by atoms with E-state index in [1.165, 1.54) is 24.3 Å². The third-order valence-electron chi connectivity index (χ3n) is 5.03. The quantitative estimate of drug-likeness (QED) is 0.555. The highest BCUT2D eigenvalue weighted by atomic mass is 19.4. The number of primary amides is 1. The van der Waals surface area contributed by atoms with Gasteiger partial charge in [0.05, 0.1) is 22.6 Å². The molecule has 31 heavy (non-hydrogen) atoms. The minimum absolute atomic E-state index is 0.00232. The summed E-state index contributed by atoms with van der Waals surface area (Å²) in [6.07, 6.45) is -3.84. The van der Waals surface area contributed by atoms with E-state index in [4.69, 9.17) is 5.73 Å². The maximum absolute atomic E-state index is 13.8. The summed E-state index contributed by atoms with van der Waals surface area (Å²) in [5.41, 5.74) is 7.87. The number of benzene rings is 3.